The molecule has 104 valence electrons. The molecule has 0 atom stereocenters. The van der Waals surface area contributed by atoms with E-state index in [1.165, 1.54) is 18.3 Å². The molecule has 1 heterocycles. The molecule has 0 spiro atoms. The molecule has 0 saturated carbocycles. The number of hydrogen-bond donors (Lipinski definition) is 2. The summed E-state index contributed by atoms with van der Waals surface area (Å²) < 4.78 is 13.2. The summed E-state index contributed by atoms with van der Waals surface area (Å²) in [4.78, 5) is 15.4. The van der Waals surface area contributed by atoms with E-state index in [1.807, 2.05) is 0 Å². The maximum absolute atomic E-state index is 13.2. The van der Waals surface area contributed by atoms with Gasteiger partial charge in [0.1, 0.15) is 11.6 Å². The summed E-state index contributed by atoms with van der Waals surface area (Å²) in [5, 5.41) is 13.5. The molecule has 1 aromatic heterocycles. The summed E-state index contributed by atoms with van der Waals surface area (Å²) in [6.45, 7) is 0. The van der Waals surface area contributed by atoms with Crippen molar-refractivity contribution in [3.05, 3.63) is 66.1 Å². The number of pyridine rings is 1. The van der Waals surface area contributed by atoms with Crippen molar-refractivity contribution in [3.63, 3.8) is 0 Å². The van der Waals surface area contributed by atoms with E-state index in [2.05, 4.69) is 10.3 Å². The molecular formula is C16H11FN2O2. The molecule has 0 aliphatic carbocycles. The Bertz CT molecular complexity index is 833. The number of carboxylic acid groups (broad SMARTS) is 1. The van der Waals surface area contributed by atoms with Gasteiger partial charge in [-0.3, -0.25) is 0 Å². The van der Waals surface area contributed by atoms with Crippen LogP contribution in [0.25, 0.3) is 10.8 Å². The Morgan fingerprint density at radius 1 is 1.10 bits per heavy atom. The first kappa shape index (κ1) is 13.1. The molecule has 0 fully saturated rings. The van der Waals surface area contributed by atoms with Gasteiger partial charge < -0.3 is 10.4 Å². The van der Waals surface area contributed by atoms with Gasteiger partial charge in [0.2, 0.25) is 0 Å². The lowest BCUT2D eigenvalue weighted by Gasteiger charge is -2.10. The number of carboxylic acids is 1. The van der Waals surface area contributed by atoms with Crippen LogP contribution in [0.5, 0.6) is 0 Å². The van der Waals surface area contributed by atoms with Crippen molar-refractivity contribution in [1.82, 2.24) is 4.98 Å². The van der Waals surface area contributed by atoms with Gasteiger partial charge in [0.05, 0.1) is 5.56 Å². The summed E-state index contributed by atoms with van der Waals surface area (Å²) in [5.74, 6) is -0.899. The number of halogens is 1. The zero-order valence-electron chi connectivity index (χ0n) is 10.9. The Labute approximate surface area is 119 Å². The molecule has 3 aromatic rings. The normalized spacial score (nSPS) is 10.5. The molecular weight excluding hydrogens is 271 g/mol. The van der Waals surface area contributed by atoms with Crippen molar-refractivity contribution >= 4 is 28.2 Å². The van der Waals surface area contributed by atoms with Gasteiger partial charge in [-0.05, 0) is 18.2 Å². The topological polar surface area (TPSA) is 62.2 Å². The highest BCUT2D eigenvalue weighted by molar-refractivity contribution is 6.06. The molecule has 0 radical (unpaired) electrons. The van der Waals surface area contributed by atoms with E-state index >= 15 is 0 Å². The summed E-state index contributed by atoms with van der Waals surface area (Å²) >= 11 is 0. The van der Waals surface area contributed by atoms with Gasteiger partial charge in [-0.15, -0.1) is 0 Å². The Morgan fingerprint density at radius 3 is 2.57 bits per heavy atom. The monoisotopic (exact) mass is 282 g/mol. The first-order chi connectivity index (χ1) is 10.1. The van der Waals surface area contributed by atoms with E-state index in [0.29, 0.717) is 22.3 Å². The number of carbonyl (C=O) groups is 1. The number of aromatic nitrogens is 1. The molecule has 0 aliphatic rings. The molecule has 0 unspecified atom stereocenters. The number of nitrogens with zero attached hydrogens (tertiary/aromatic N) is 1. The van der Waals surface area contributed by atoms with Crippen LogP contribution in [0.4, 0.5) is 15.9 Å². The summed E-state index contributed by atoms with van der Waals surface area (Å²) in [7, 11) is 0. The molecule has 0 amide bonds. The van der Waals surface area contributed by atoms with Crippen molar-refractivity contribution in [1.29, 1.82) is 0 Å². The van der Waals surface area contributed by atoms with E-state index in [4.69, 9.17) is 0 Å². The van der Waals surface area contributed by atoms with Gasteiger partial charge in [-0.2, -0.15) is 0 Å². The predicted octanol–water partition coefficient (Wildman–Crippen LogP) is 3.82. The molecule has 0 aliphatic heterocycles. The van der Waals surface area contributed by atoms with Crippen molar-refractivity contribution < 1.29 is 14.3 Å². The van der Waals surface area contributed by atoms with Crippen molar-refractivity contribution in [3.8, 4) is 0 Å². The summed E-state index contributed by atoms with van der Waals surface area (Å²) in [5.41, 5.74) is 0.686. The highest BCUT2D eigenvalue weighted by atomic mass is 19.1. The zero-order valence-corrected chi connectivity index (χ0v) is 10.9. The second-order valence-electron chi connectivity index (χ2n) is 4.51. The predicted molar refractivity (Wildman–Crippen MR) is 78.4 cm³/mol. The van der Waals surface area contributed by atoms with Gasteiger partial charge in [0.15, 0.2) is 0 Å². The van der Waals surface area contributed by atoms with Gasteiger partial charge >= 0.3 is 5.97 Å². The minimum Gasteiger partial charge on any atom is -0.478 e. The van der Waals surface area contributed by atoms with Gasteiger partial charge in [0.25, 0.3) is 0 Å². The largest absolute Gasteiger partial charge is 0.478 e. The van der Waals surface area contributed by atoms with Crippen LogP contribution in [-0.4, -0.2) is 16.1 Å². The van der Waals surface area contributed by atoms with Crippen LogP contribution in [-0.2, 0) is 0 Å². The fraction of sp³-hybridized carbons (Fsp3) is 0. The van der Waals surface area contributed by atoms with Gasteiger partial charge in [-0.25, -0.2) is 14.2 Å². The number of fused-ring (bicyclic) bond motifs is 1. The molecule has 0 saturated heterocycles. The van der Waals surface area contributed by atoms with Gasteiger partial charge in [-0.1, -0.05) is 30.3 Å². The minimum absolute atomic E-state index is 0.135. The second-order valence-corrected chi connectivity index (χ2v) is 4.51. The van der Waals surface area contributed by atoms with Crippen LogP contribution in [0.2, 0.25) is 0 Å². The fourth-order valence-corrected chi connectivity index (χ4v) is 2.17. The zero-order chi connectivity index (χ0) is 14.8. The van der Waals surface area contributed by atoms with E-state index in [1.54, 1.807) is 36.4 Å². The lowest BCUT2D eigenvalue weighted by atomic mass is 10.1. The maximum Gasteiger partial charge on any atom is 0.337 e. The molecule has 2 aromatic carbocycles. The molecule has 5 heteroatoms. The first-order valence-electron chi connectivity index (χ1n) is 6.29. The fourth-order valence-electron chi connectivity index (χ4n) is 2.17. The second kappa shape index (κ2) is 5.20. The highest BCUT2D eigenvalue weighted by Crippen LogP contribution is 2.27. The van der Waals surface area contributed by atoms with Crippen LogP contribution < -0.4 is 5.32 Å². The highest BCUT2D eigenvalue weighted by Gasteiger charge is 2.12. The average molecular weight is 282 g/mol. The smallest absolute Gasteiger partial charge is 0.337 e. The van der Waals surface area contributed by atoms with Crippen molar-refractivity contribution in [2.75, 3.05) is 5.32 Å². The van der Waals surface area contributed by atoms with Crippen LogP contribution >= 0.6 is 0 Å². The number of benzene rings is 2. The van der Waals surface area contributed by atoms with E-state index in [0.717, 1.165) is 0 Å². The lowest BCUT2D eigenvalue weighted by molar-refractivity contribution is 0.0698. The Balaban J connectivity index is 2.12. The lowest BCUT2D eigenvalue weighted by Crippen LogP contribution is -2.02. The first-order valence-corrected chi connectivity index (χ1v) is 6.29. The number of anilines is 2. The molecule has 0 bridgehead atoms. The SMILES string of the molecule is O=C(O)c1cnc(Nc2cccc(F)c2)c2ccccc12. The van der Waals surface area contributed by atoms with Crippen molar-refractivity contribution in [2.45, 2.75) is 0 Å². The Hall–Kier alpha value is -2.95. The minimum atomic E-state index is -1.03. The average Bonchev–Trinajstić information content (AvgIpc) is 2.47. The summed E-state index contributed by atoms with van der Waals surface area (Å²) in [6, 6.07) is 13.1. The third-order valence-corrected chi connectivity index (χ3v) is 3.11. The number of nitrogens with one attached hydrogen (secondary N) is 1. The van der Waals surface area contributed by atoms with Crippen LogP contribution in [0.3, 0.4) is 0 Å². The van der Waals surface area contributed by atoms with Crippen LogP contribution in [0.15, 0.2) is 54.7 Å². The Kier molecular flexibility index (Phi) is 3.23. The molecule has 3 rings (SSSR count). The molecule has 2 N–H and O–H groups in total. The Morgan fingerprint density at radius 2 is 1.86 bits per heavy atom. The van der Waals surface area contributed by atoms with E-state index in [9.17, 15) is 14.3 Å². The standard InChI is InChI=1S/C16H11FN2O2/c17-10-4-3-5-11(8-10)19-15-13-7-2-1-6-12(13)14(9-18-15)16(20)21/h1-9H,(H,18,19)(H,20,21). The van der Waals surface area contributed by atoms with Crippen molar-refractivity contribution in [2.24, 2.45) is 0 Å². The van der Waals surface area contributed by atoms with Crippen LogP contribution in [0, 0.1) is 5.82 Å². The third-order valence-electron chi connectivity index (χ3n) is 3.11. The molecule has 4 nitrogen and oxygen atoms in total. The maximum atomic E-state index is 13.2. The van der Waals surface area contributed by atoms with Gasteiger partial charge in [0, 0.05) is 22.7 Å². The quantitative estimate of drug-likeness (QED) is 0.766. The number of rotatable bonds is 3. The van der Waals surface area contributed by atoms with E-state index in [-0.39, 0.29) is 11.4 Å². The van der Waals surface area contributed by atoms with E-state index < -0.39 is 5.97 Å². The number of aromatic carboxylic acids is 1. The van der Waals surface area contributed by atoms with Crippen LogP contribution in [0.1, 0.15) is 10.4 Å². The summed E-state index contributed by atoms with van der Waals surface area (Å²) in [6.07, 6.45) is 1.30. The molecule has 21 heavy (non-hydrogen) atoms. The third kappa shape index (κ3) is 2.53. The number of hydrogen-bond acceptors (Lipinski definition) is 3.